The standard InChI is InChI=1S/C13H16N2O2/c1-8-5-12(16)15(13(17)6-8)10-4-3-9(2)11(14)7-10/h3-4,7-8H,5-6,14H2,1-2H3. The van der Waals surface area contributed by atoms with E-state index in [0.717, 1.165) is 5.56 Å². The van der Waals surface area contributed by atoms with Gasteiger partial charge in [-0.25, -0.2) is 0 Å². The van der Waals surface area contributed by atoms with Gasteiger partial charge < -0.3 is 5.73 Å². The summed E-state index contributed by atoms with van der Waals surface area (Å²) in [7, 11) is 0. The Hall–Kier alpha value is -1.84. The molecule has 0 atom stereocenters. The molecule has 0 bridgehead atoms. The molecule has 4 heteroatoms. The number of imide groups is 1. The van der Waals surface area contributed by atoms with Crippen molar-refractivity contribution < 1.29 is 9.59 Å². The number of nitrogens with zero attached hydrogens (tertiary/aromatic N) is 1. The fourth-order valence-electron chi connectivity index (χ4n) is 2.04. The summed E-state index contributed by atoms with van der Waals surface area (Å²) in [6.45, 7) is 3.80. The van der Waals surface area contributed by atoms with Crippen LogP contribution in [0.2, 0.25) is 0 Å². The van der Waals surface area contributed by atoms with Crippen LogP contribution in [-0.4, -0.2) is 11.8 Å². The van der Waals surface area contributed by atoms with Crippen LogP contribution < -0.4 is 10.6 Å². The lowest BCUT2D eigenvalue weighted by Gasteiger charge is -2.28. The Bertz CT molecular complexity index is 464. The van der Waals surface area contributed by atoms with E-state index in [-0.39, 0.29) is 17.7 Å². The third kappa shape index (κ3) is 2.16. The van der Waals surface area contributed by atoms with Crippen molar-refractivity contribution in [1.29, 1.82) is 0 Å². The molecule has 1 saturated heterocycles. The van der Waals surface area contributed by atoms with E-state index in [1.54, 1.807) is 12.1 Å². The average molecular weight is 232 g/mol. The highest BCUT2D eigenvalue weighted by atomic mass is 16.2. The van der Waals surface area contributed by atoms with Crippen molar-refractivity contribution in [2.24, 2.45) is 5.92 Å². The number of carbonyl (C=O) groups excluding carboxylic acids is 2. The maximum Gasteiger partial charge on any atom is 0.234 e. The quantitative estimate of drug-likeness (QED) is 0.594. The highest BCUT2D eigenvalue weighted by Crippen LogP contribution is 2.27. The van der Waals surface area contributed by atoms with E-state index in [1.165, 1.54) is 4.90 Å². The molecule has 4 nitrogen and oxygen atoms in total. The van der Waals surface area contributed by atoms with Crippen LogP contribution in [0.3, 0.4) is 0 Å². The first-order chi connectivity index (χ1) is 7.99. The topological polar surface area (TPSA) is 63.4 Å². The van der Waals surface area contributed by atoms with Crippen LogP contribution in [0.25, 0.3) is 0 Å². The van der Waals surface area contributed by atoms with E-state index in [0.29, 0.717) is 24.2 Å². The number of nitrogen functional groups attached to an aromatic ring is 1. The molecule has 1 aromatic rings. The summed E-state index contributed by atoms with van der Waals surface area (Å²) in [4.78, 5) is 25.0. The van der Waals surface area contributed by atoms with Crippen LogP contribution in [0.5, 0.6) is 0 Å². The molecule has 0 unspecified atom stereocenters. The Morgan fingerprint density at radius 3 is 2.35 bits per heavy atom. The minimum Gasteiger partial charge on any atom is -0.398 e. The average Bonchev–Trinajstić information content (AvgIpc) is 2.21. The van der Waals surface area contributed by atoms with Gasteiger partial charge in [-0.3, -0.25) is 14.5 Å². The van der Waals surface area contributed by atoms with Gasteiger partial charge in [0.25, 0.3) is 0 Å². The lowest BCUT2D eigenvalue weighted by molar-refractivity contribution is -0.130. The van der Waals surface area contributed by atoms with Gasteiger partial charge in [-0.05, 0) is 30.5 Å². The Morgan fingerprint density at radius 2 is 1.82 bits per heavy atom. The van der Waals surface area contributed by atoms with Crippen molar-refractivity contribution in [3.05, 3.63) is 23.8 Å². The molecule has 0 saturated carbocycles. The maximum atomic E-state index is 11.9. The van der Waals surface area contributed by atoms with Crippen LogP contribution in [0, 0.1) is 12.8 Å². The summed E-state index contributed by atoms with van der Waals surface area (Å²) in [5, 5.41) is 0. The molecule has 1 fully saturated rings. The summed E-state index contributed by atoms with van der Waals surface area (Å²) in [6, 6.07) is 5.27. The number of benzene rings is 1. The van der Waals surface area contributed by atoms with Crippen molar-refractivity contribution in [2.45, 2.75) is 26.7 Å². The van der Waals surface area contributed by atoms with Crippen molar-refractivity contribution in [1.82, 2.24) is 0 Å². The van der Waals surface area contributed by atoms with Crippen molar-refractivity contribution in [3.8, 4) is 0 Å². The first-order valence-corrected chi connectivity index (χ1v) is 5.71. The lowest BCUT2D eigenvalue weighted by Crippen LogP contribution is -2.42. The number of carbonyl (C=O) groups is 2. The van der Waals surface area contributed by atoms with E-state index in [2.05, 4.69) is 0 Å². The van der Waals surface area contributed by atoms with E-state index < -0.39 is 0 Å². The molecule has 0 aromatic heterocycles. The number of piperidine rings is 1. The van der Waals surface area contributed by atoms with Crippen molar-refractivity contribution >= 4 is 23.2 Å². The molecule has 17 heavy (non-hydrogen) atoms. The predicted molar refractivity (Wildman–Crippen MR) is 66.5 cm³/mol. The zero-order valence-electron chi connectivity index (χ0n) is 10.1. The second-order valence-corrected chi connectivity index (χ2v) is 4.68. The third-order valence-corrected chi connectivity index (χ3v) is 3.07. The van der Waals surface area contributed by atoms with Crippen LogP contribution in [-0.2, 0) is 9.59 Å². The minimum atomic E-state index is -0.142. The number of aryl methyl sites for hydroxylation is 1. The van der Waals surface area contributed by atoms with Crippen LogP contribution in [0.15, 0.2) is 18.2 Å². The Morgan fingerprint density at radius 1 is 1.24 bits per heavy atom. The van der Waals surface area contributed by atoms with E-state index in [9.17, 15) is 9.59 Å². The van der Waals surface area contributed by atoms with Gasteiger partial charge in [0.2, 0.25) is 11.8 Å². The summed E-state index contributed by atoms with van der Waals surface area (Å²) < 4.78 is 0. The Balaban J connectivity index is 2.35. The molecule has 1 aliphatic heterocycles. The lowest BCUT2D eigenvalue weighted by atomic mass is 9.97. The number of rotatable bonds is 1. The van der Waals surface area contributed by atoms with Gasteiger partial charge >= 0.3 is 0 Å². The van der Waals surface area contributed by atoms with Gasteiger partial charge in [0, 0.05) is 18.5 Å². The summed E-state index contributed by atoms with van der Waals surface area (Å²) in [5.74, 6) is -0.150. The van der Waals surface area contributed by atoms with Gasteiger partial charge in [0.15, 0.2) is 0 Å². The van der Waals surface area contributed by atoms with E-state index >= 15 is 0 Å². The number of anilines is 2. The molecule has 0 radical (unpaired) electrons. The van der Waals surface area contributed by atoms with E-state index in [4.69, 9.17) is 5.73 Å². The third-order valence-electron chi connectivity index (χ3n) is 3.07. The number of hydrogen-bond donors (Lipinski definition) is 1. The highest BCUT2D eigenvalue weighted by molar-refractivity contribution is 6.16. The molecule has 1 aromatic carbocycles. The number of hydrogen-bond acceptors (Lipinski definition) is 3. The normalized spacial score (nSPS) is 17.6. The Kier molecular flexibility index (Phi) is 2.88. The van der Waals surface area contributed by atoms with Crippen LogP contribution in [0.4, 0.5) is 11.4 Å². The molecule has 90 valence electrons. The summed E-state index contributed by atoms with van der Waals surface area (Å²) >= 11 is 0. The van der Waals surface area contributed by atoms with Crippen LogP contribution >= 0.6 is 0 Å². The SMILES string of the molecule is Cc1ccc(N2C(=O)CC(C)CC2=O)cc1N. The molecule has 2 amide bonds. The van der Waals surface area contributed by atoms with Gasteiger partial charge in [0.05, 0.1) is 5.69 Å². The zero-order valence-corrected chi connectivity index (χ0v) is 10.1. The maximum absolute atomic E-state index is 11.9. The Labute approximate surface area is 100 Å². The first-order valence-electron chi connectivity index (χ1n) is 5.71. The van der Waals surface area contributed by atoms with Gasteiger partial charge in [-0.2, -0.15) is 0 Å². The second kappa shape index (κ2) is 4.20. The molecule has 0 spiro atoms. The molecule has 1 heterocycles. The minimum absolute atomic E-state index is 0.133. The summed E-state index contributed by atoms with van der Waals surface area (Å²) in [6.07, 6.45) is 0.832. The molecule has 2 rings (SSSR count). The highest BCUT2D eigenvalue weighted by Gasteiger charge is 2.31. The van der Waals surface area contributed by atoms with E-state index in [1.807, 2.05) is 19.9 Å². The van der Waals surface area contributed by atoms with Gasteiger partial charge in [-0.15, -0.1) is 0 Å². The number of nitrogens with two attached hydrogens (primary N) is 1. The molecule has 1 aliphatic rings. The monoisotopic (exact) mass is 232 g/mol. The number of amides is 2. The predicted octanol–water partition coefficient (Wildman–Crippen LogP) is 1.87. The smallest absolute Gasteiger partial charge is 0.234 e. The first kappa shape index (κ1) is 11.6. The fourth-order valence-corrected chi connectivity index (χ4v) is 2.04. The zero-order chi connectivity index (χ0) is 12.6. The summed E-state index contributed by atoms with van der Waals surface area (Å²) in [5.41, 5.74) is 7.92. The largest absolute Gasteiger partial charge is 0.398 e. The molecular weight excluding hydrogens is 216 g/mol. The van der Waals surface area contributed by atoms with Gasteiger partial charge in [0.1, 0.15) is 0 Å². The van der Waals surface area contributed by atoms with Crippen molar-refractivity contribution in [2.75, 3.05) is 10.6 Å². The fraction of sp³-hybridized carbons (Fsp3) is 0.385. The molecule has 2 N–H and O–H groups in total. The van der Waals surface area contributed by atoms with Crippen LogP contribution in [0.1, 0.15) is 25.3 Å². The molecular formula is C13H16N2O2. The second-order valence-electron chi connectivity index (χ2n) is 4.68. The van der Waals surface area contributed by atoms with Crippen molar-refractivity contribution in [3.63, 3.8) is 0 Å². The van der Waals surface area contributed by atoms with Gasteiger partial charge in [-0.1, -0.05) is 13.0 Å². The molecule has 0 aliphatic carbocycles.